The highest BCUT2D eigenvalue weighted by molar-refractivity contribution is 5.71. The van der Waals surface area contributed by atoms with Crippen molar-refractivity contribution in [3.8, 4) is 0 Å². The van der Waals surface area contributed by atoms with Crippen LogP contribution in [0.4, 0.5) is 5.82 Å². The summed E-state index contributed by atoms with van der Waals surface area (Å²) in [5, 5.41) is 3.40. The van der Waals surface area contributed by atoms with Crippen LogP contribution in [0.15, 0.2) is 24.5 Å². The van der Waals surface area contributed by atoms with Gasteiger partial charge < -0.3 is 5.32 Å². The van der Waals surface area contributed by atoms with Crippen LogP contribution in [0.25, 0.3) is 11.2 Å². The fourth-order valence-corrected chi connectivity index (χ4v) is 2.21. The van der Waals surface area contributed by atoms with Gasteiger partial charge in [0.25, 0.3) is 0 Å². The summed E-state index contributed by atoms with van der Waals surface area (Å²) >= 11 is 0. The molecule has 2 heterocycles. The van der Waals surface area contributed by atoms with Crippen LogP contribution in [0.5, 0.6) is 0 Å². The lowest BCUT2D eigenvalue weighted by atomic mass is 9.70. The van der Waals surface area contributed by atoms with Gasteiger partial charge >= 0.3 is 0 Å². The number of hydrogen-bond acceptors (Lipinski definition) is 4. The predicted molar refractivity (Wildman–Crippen MR) is 67.8 cm³/mol. The van der Waals surface area contributed by atoms with Gasteiger partial charge in [0.05, 0.1) is 0 Å². The number of fused-ring (bicyclic) bond motifs is 1. The Morgan fingerprint density at radius 1 is 1.24 bits per heavy atom. The van der Waals surface area contributed by atoms with Crippen molar-refractivity contribution in [3.63, 3.8) is 0 Å². The van der Waals surface area contributed by atoms with Crippen LogP contribution >= 0.6 is 0 Å². The highest BCUT2D eigenvalue weighted by atomic mass is 15.0. The largest absolute Gasteiger partial charge is 0.369 e. The molecule has 0 aromatic carbocycles. The first kappa shape index (κ1) is 10.4. The number of anilines is 1. The summed E-state index contributed by atoms with van der Waals surface area (Å²) in [7, 11) is 0. The molecule has 0 bridgehead atoms. The van der Waals surface area contributed by atoms with E-state index in [0.717, 1.165) is 17.9 Å². The summed E-state index contributed by atoms with van der Waals surface area (Å²) in [5.41, 5.74) is 2.00. The van der Waals surface area contributed by atoms with Crippen molar-refractivity contribution in [2.75, 3.05) is 11.9 Å². The summed E-state index contributed by atoms with van der Waals surface area (Å²) in [6, 6.07) is 3.93. The molecule has 2 aromatic heterocycles. The Hall–Kier alpha value is -1.71. The van der Waals surface area contributed by atoms with Crippen LogP contribution in [0.3, 0.4) is 0 Å². The SMILES string of the molecule is CC1(CNc2ccc3nccnc3n2)CCC1. The first-order valence-electron chi connectivity index (χ1n) is 6.07. The topological polar surface area (TPSA) is 50.7 Å². The average molecular weight is 228 g/mol. The zero-order valence-electron chi connectivity index (χ0n) is 9.98. The minimum Gasteiger partial charge on any atom is -0.369 e. The molecule has 0 saturated heterocycles. The molecule has 1 saturated carbocycles. The molecule has 4 heteroatoms. The van der Waals surface area contributed by atoms with Gasteiger partial charge in [0.2, 0.25) is 0 Å². The molecule has 88 valence electrons. The van der Waals surface area contributed by atoms with Gasteiger partial charge in [-0.05, 0) is 30.4 Å². The molecular formula is C13H16N4. The molecule has 3 rings (SSSR count). The van der Waals surface area contributed by atoms with E-state index in [1.807, 2.05) is 12.1 Å². The smallest absolute Gasteiger partial charge is 0.180 e. The molecule has 4 nitrogen and oxygen atoms in total. The Bertz CT molecular complexity index is 534. The quantitative estimate of drug-likeness (QED) is 0.877. The molecule has 0 amide bonds. The lowest BCUT2D eigenvalue weighted by molar-refractivity contribution is 0.180. The van der Waals surface area contributed by atoms with Crippen molar-refractivity contribution in [2.24, 2.45) is 5.41 Å². The van der Waals surface area contributed by atoms with Gasteiger partial charge in [0.1, 0.15) is 11.3 Å². The third-order valence-electron chi connectivity index (χ3n) is 3.59. The van der Waals surface area contributed by atoms with Crippen molar-refractivity contribution < 1.29 is 0 Å². The van der Waals surface area contributed by atoms with Crippen LogP contribution in [0.2, 0.25) is 0 Å². The molecule has 17 heavy (non-hydrogen) atoms. The van der Waals surface area contributed by atoms with Crippen molar-refractivity contribution in [1.29, 1.82) is 0 Å². The van der Waals surface area contributed by atoms with Gasteiger partial charge in [-0.3, -0.25) is 4.98 Å². The van der Waals surface area contributed by atoms with Crippen molar-refractivity contribution in [2.45, 2.75) is 26.2 Å². The highest BCUT2D eigenvalue weighted by Crippen LogP contribution is 2.40. The molecular weight excluding hydrogens is 212 g/mol. The molecule has 1 N–H and O–H groups in total. The number of hydrogen-bond donors (Lipinski definition) is 1. The lowest BCUT2D eigenvalue weighted by Gasteiger charge is -2.38. The number of pyridine rings is 1. The summed E-state index contributed by atoms with van der Waals surface area (Å²) in [6.07, 6.45) is 7.34. The van der Waals surface area contributed by atoms with Crippen LogP contribution in [-0.4, -0.2) is 21.5 Å². The number of nitrogens with zero attached hydrogens (tertiary/aromatic N) is 3. The molecule has 0 spiro atoms. The first-order valence-corrected chi connectivity index (χ1v) is 6.07. The maximum absolute atomic E-state index is 4.45. The fraction of sp³-hybridized carbons (Fsp3) is 0.462. The zero-order valence-corrected chi connectivity index (χ0v) is 9.98. The Morgan fingerprint density at radius 2 is 2.06 bits per heavy atom. The van der Waals surface area contributed by atoms with Gasteiger partial charge in [0, 0.05) is 18.9 Å². The zero-order chi connectivity index (χ0) is 11.7. The van der Waals surface area contributed by atoms with Gasteiger partial charge in [0.15, 0.2) is 5.65 Å². The predicted octanol–water partition coefficient (Wildman–Crippen LogP) is 2.63. The van der Waals surface area contributed by atoms with Crippen LogP contribution in [0, 0.1) is 5.41 Å². The molecule has 0 aliphatic heterocycles. The Kier molecular flexibility index (Phi) is 2.42. The van der Waals surface area contributed by atoms with Crippen molar-refractivity contribution in [1.82, 2.24) is 15.0 Å². The second-order valence-electron chi connectivity index (χ2n) is 5.11. The van der Waals surface area contributed by atoms with Crippen LogP contribution in [0.1, 0.15) is 26.2 Å². The summed E-state index contributed by atoms with van der Waals surface area (Å²) < 4.78 is 0. The Morgan fingerprint density at radius 3 is 2.82 bits per heavy atom. The van der Waals surface area contributed by atoms with Gasteiger partial charge in [-0.15, -0.1) is 0 Å². The fourth-order valence-electron chi connectivity index (χ4n) is 2.21. The minimum absolute atomic E-state index is 0.457. The van der Waals surface area contributed by atoms with E-state index in [4.69, 9.17) is 0 Å². The number of rotatable bonds is 3. The van der Waals surface area contributed by atoms with Crippen LogP contribution in [-0.2, 0) is 0 Å². The molecule has 1 aliphatic carbocycles. The maximum atomic E-state index is 4.45. The third kappa shape index (κ3) is 2.07. The van der Waals surface area contributed by atoms with E-state index < -0.39 is 0 Å². The summed E-state index contributed by atoms with van der Waals surface area (Å²) in [4.78, 5) is 12.9. The normalized spacial score (nSPS) is 17.7. The third-order valence-corrected chi connectivity index (χ3v) is 3.59. The van der Waals surface area contributed by atoms with Crippen molar-refractivity contribution >= 4 is 17.0 Å². The van der Waals surface area contributed by atoms with E-state index in [0.29, 0.717) is 11.1 Å². The van der Waals surface area contributed by atoms with Crippen molar-refractivity contribution in [3.05, 3.63) is 24.5 Å². The maximum Gasteiger partial charge on any atom is 0.180 e. The van der Waals surface area contributed by atoms with E-state index in [2.05, 4.69) is 27.2 Å². The van der Waals surface area contributed by atoms with Gasteiger partial charge in [-0.25, -0.2) is 9.97 Å². The second kappa shape index (κ2) is 3.95. The second-order valence-corrected chi connectivity index (χ2v) is 5.11. The molecule has 1 aliphatic rings. The molecule has 0 radical (unpaired) electrons. The summed E-state index contributed by atoms with van der Waals surface area (Å²) in [6.45, 7) is 3.32. The molecule has 1 fully saturated rings. The van der Waals surface area contributed by atoms with Gasteiger partial charge in [-0.2, -0.15) is 0 Å². The Balaban J connectivity index is 1.76. The first-order chi connectivity index (χ1) is 8.25. The van der Waals surface area contributed by atoms with E-state index in [-0.39, 0.29) is 0 Å². The standard InChI is InChI=1S/C13H16N4/c1-13(5-2-6-13)9-16-11-4-3-10-12(17-11)15-8-7-14-10/h3-4,7-8H,2,5-6,9H2,1H3,(H,15,16,17). The summed E-state index contributed by atoms with van der Waals surface area (Å²) in [5.74, 6) is 0.895. The van der Waals surface area contributed by atoms with E-state index >= 15 is 0 Å². The van der Waals surface area contributed by atoms with Crippen LogP contribution < -0.4 is 5.32 Å². The monoisotopic (exact) mass is 228 g/mol. The number of nitrogens with one attached hydrogen (secondary N) is 1. The molecule has 0 unspecified atom stereocenters. The molecule has 2 aromatic rings. The van der Waals surface area contributed by atoms with Gasteiger partial charge in [-0.1, -0.05) is 13.3 Å². The average Bonchev–Trinajstić information content (AvgIpc) is 2.34. The number of aromatic nitrogens is 3. The van der Waals surface area contributed by atoms with E-state index in [9.17, 15) is 0 Å². The highest BCUT2D eigenvalue weighted by Gasteiger charge is 2.31. The lowest BCUT2D eigenvalue weighted by Crippen LogP contribution is -2.33. The van der Waals surface area contributed by atoms with E-state index in [1.54, 1.807) is 12.4 Å². The minimum atomic E-state index is 0.457. The molecule has 0 atom stereocenters. The Labute approximate surface area is 101 Å². The van der Waals surface area contributed by atoms with E-state index in [1.165, 1.54) is 19.3 Å².